The molecule has 7 heteroatoms. The summed E-state index contributed by atoms with van der Waals surface area (Å²) >= 11 is 1.32. The van der Waals surface area contributed by atoms with Gasteiger partial charge in [-0.2, -0.15) is 0 Å². The summed E-state index contributed by atoms with van der Waals surface area (Å²) in [5.74, 6) is -1.66. The number of rotatable bonds is 7. The fourth-order valence-electron chi connectivity index (χ4n) is 2.33. The molecular weight excluding hydrogens is 344 g/mol. The Kier molecular flexibility index (Phi) is 6.58. The SMILES string of the molecule is CCCCn1c(SC(C)C(=O)Nc2cc(F)ccc2F)nc(C)c1C. The van der Waals surface area contributed by atoms with Gasteiger partial charge < -0.3 is 9.88 Å². The summed E-state index contributed by atoms with van der Waals surface area (Å²) in [4.78, 5) is 16.9. The highest BCUT2D eigenvalue weighted by molar-refractivity contribution is 8.00. The summed E-state index contributed by atoms with van der Waals surface area (Å²) in [6.45, 7) is 8.64. The van der Waals surface area contributed by atoms with Crippen LogP contribution in [0.5, 0.6) is 0 Å². The number of nitrogens with zero attached hydrogens (tertiary/aromatic N) is 2. The number of benzene rings is 1. The second kappa shape index (κ2) is 8.47. The smallest absolute Gasteiger partial charge is 0.237 e. The van der Waals surface area contributed by atoms with Crippen LogP contribution in [0.25, 0.3) is 0 Å². The van der Waals surface area contributed by atoms with E-state index in [1.807, 2.05) is 13.8 Å². The Balaban J connectivity index is 2.11. The molecule has 136 valence electrons. The lowest BCUT2D eigenvalue weighted by molar-refractivity contribution is -0.115. The molecule has 1 heterocycles. The van der Waals surface area contributed by atoms with Gasteiger partial charge in [0.1, 0.15) is 11.6 Å². The monoisotopic (exact) mass is 367 g/mol. The van der Waals surface area contributed by atoms with Crippen LogP contribution < -0.4 is 5.32 Å². The zero-order valence-electron chi connectivity index (χ0n) is 14.9. The number of aryl methyl sites for hydroxylation is 1. The third kappa shape index (κ3) is 4.81. The fraction of sp³-hybridized carbons (Fsp3) is 0.444. The highest BCUT2D eigenvalue weighted by atomic mass is 32.2. The minimum Gasteiger partial charge on any atom is -0.323 e. The molecule has 1 amide bonds. The van der Waals surface area contributed by atoms with E-state index in [-0.39, 0.29) is 5.69 Å². The molecule has 1 unspecified atom stereocenters. The van der Waals surface area contributed by atoms with Gasteiger partial charge in [0.05, 0.1) is 16.6 Å². The quantitative estimate of drug-likeness (QED) is 0.722. The molecule has 0 spiro atoms. The molecule has 1 aromatic heterocycles. The molecule has 4 nitrogen and oxygen atoms in total. The minimum absolute atomic E-state index is 0.154. The Morgan fingerprint density at radius 2 is 2.08 bits per heavy atom. The number of carbonyl (C=O) groups excluding carboxylic acids is 1. The molecule has 0 aliphatic heterocycles. The van der Waals surface area contributed by atoms with Crippen molar-refractivity contribution in [1.29, 1.82) is 0 Å². The van der Waals surface area contributed by atoms with Crippen LogP contribution in [0.1, 0.15) is 38.1 Å². The van der Waals surface area contributed by atoms with Crippen LogP contribution in [0.2, 0.25) is 0 Å². The van der Waals surface area contributed by atoms with E-state index in [1.54, 1.807) is 6.92 Å². The molecule has 0 bridgehead atoms. The van der Waals surface area contributed by atoms with Gasteiger partial charge in [0.15, 0.2) is 5.16 Å². The average molecular weight is 367 g/mol. The maximum atomic E-state index is 13.7. The Morgan fingerprint density at radius 1 is 1.36 bits per heavy atom. The maximum absolute atomic E-state index is 13.7. The number of hydrogen-bond donors (Lipinski definition) is 1. The number of nitrogens with one attached hydrogen (secondary N) is 1. The molecule has 1 aromatic carbocycles. The Hall–Kier alpha value is -1.89. The normalized spacial score (nSPS) is 12.2. The summed E-state index contributed by atoms with van der Waals surface area (Å²) in [6.07, 6.45) is 2.09. The maximum Gasteiger partial charge on any atom is 0.237 e. The highest BCUT2D eigenvalue weighted by Crippen LogP contribution is 2.27. The molecule has 0 fully saturated rings. The van der Waals surface area contributed by atoms with Gasteiger partial charge in [0.2, 0.25) is 5.91 Å². The fourth-order valence-corrected chi connectivity index (χ4v) is 3.36. The van der Waals surface area contributed by atoms with E-state index in [4.69, 9.17) is 0 Å². The summed E-state index contributed by atoms with van der Waals surface area (Å²) in [6, 6.07) is 2.98. The van der Waals surface area contributed by atoms with Gasteiger partial charge in [-0.3, -0.25) is 4.79 Å². The van der Waals surface area contributed by atoms with Gasteiger partial charge in [0, 0.05) is 18.3 Å². The van der Waals surface area contributed by atoms with E-state index in [2.05, 4.69) is 21.8 Å². The first-order valence-corrected chi connectivity index (χ1v) is 9.17. The van der Waals surface area contributed by atoms with Crippen molar-refractivity contribution in [2.24, 2.45) is 0 Å². The van der Waals surface area contributed by atoms with Crippen molar-refractivity contribution in [2.75, 3.05) is 5.32 Å². The Morgan fingerprint density at radius 3 is 2.76 bits per heavy atom. The van der Waals surface area contributed by atoms with Crippen molar-refractivity contribution in [3.8, 4) is 0 Å². The van der Waals surface area contributed by atoms with Crippen molar-refractivity contribution < 1.29 is 13.6 Å². The van der Waals surface area contributed by atoms with Crippen molar-refractivity contribution in [2.45, 2.75) is 57.5 Å². The van der Waals surface area contributed by atoms with Crippen LogP contribution in [0, 0.1) is 25.5 Å². The zero-order chi connectivity index (χ0) is 18.6. The third-order valence-corrected chi connectivity index (χ3v) is 5.09. The molecule has 0 saturated heterocycles. The van der Waals surface area contributed by atoms with E-state index < -0.39 is 22.8 Å². The van der Waals surface area contributed by atoms with Crippen molar-refractivity contribution in [1.82, 2.24) is 9.55 Å². The lowest BCUT2D eigenvalue weighted by atomic mass is 10.3. The number of hydrogen-bond acceptors (Lipinski definition) is 3. The predicted octanol–water partition coefficient (Wildman–Crippen LogP) is 4.70. The summed E-state index contributed by atoms with van der Waals surface area (Å²) in [5, 5.41) is 2.72. The number of imidazole rings is 1. The molecule has 0 saturated carbocycles. The number of carbonyl (C=O) groups is 1. The summed E-state index contributed by atoms with van der Waals surface area (Å²) in [5.41, 5.74) is 1.86. The van der Waals surface area contributed by atoms with Gasteiger partial charge in [-0.25, -0.2) is 13.8 Å². The Labute approximate surface area is 151 Å². The first kappa shape index (κ1) is 19.4. The number of thioether (sulfide) groups is 1. The molecule has 25 heavy (non-hydrogen) atoms. The largest absolute Gasteiger partial charge is 0.323 e. The van der Waals surface area contributed by atoms with Crippen molar-refractivity contribution >= 4 is 23.4 Å². The second-order valence-electron chi connectivity index (χ2n) is 5.94. The van der Waals surface area contributed by atoms with E-state index >= 15 is 0 Å². The predicted molar refractivity (Wildman–Crippen MR) is 96.9 cm³/mol. The molecule has 2 rings (SSSR count). The first-order valence-electron chi connectivity index (χ1n) is 8.29. The van der Waals surface area contributed by atoms with Gasteiger partial charge in [-0.15, -0.1) is 0 Å². The average Bonchev–Trinajstić information content (AvgIpc) is 2.83. The standard InChI is InChI=1S/C18H23F2N3OS/c1-5-6-9-23-12(3)11(2)21-18(23)25-13(4)17(24)22-16-10-14(19)7-8-15(16)20/h7-8,10,13H,5-6,9H2,1-4H3,(H,22,24). The Bertz CT molecular complexity index is 761. The van der Waals surface area contributed by atoms with Gasteiger partial charge in [0.25, 0.3) is 0 Å². The van der Waals surface area contributed by atoms with Crippen LogP contribution in [0.15, 0.2) is 23.4 Å². The van der Waals surface area contributed by atoms with E-state index in [0.29, 0.717) is 0 Å². The topological polar surface area (TPSA) is 46.9 Å². The minimum atomic E-state index is -0.664. The first-order chi connectivity index (χ1) is 11.8. The third-order valence-electron chi connectivity index (χ3n) is 4.00. The lowest BCUT2D eigenvalue weighted by Gasteiger charge is -2.14. The van der Waals surface area contributed by atoms with E-state index in [0.717, 1.165) is 54.1 Å². The van der Waals surface area contributed by atoms with Crippen LogP contribution in [0.3, 0.4) is 0 Å². The van der Waals surface area contributed by atoms with Crippen LogP contribution in [-0.4, -0.2) is 20.7 Å². The van der Waals surface area contributed by atoms with Crippen LogP contribution in [0.4, 0.5) is 14.5 Å². The number of aromatic nitrogens is 2. The summed E-state index contributed by atoms with van der Waals surface area (Å²) in [7, 11) is 0. The number of unbranched alkanes of at least 4 members (excludes halogenated alkanes) is 1. The molecule has 0 aliphatic carbocycles. The number of anilines is 1. The van der Waals surface area contributed by atoms with Gasteiger partial charge in [-0.05, 0) is 39.3 Å². The molecule has 2 aromatic rings. The molecule has 0 aliphatic rings. The second-order valence-corrected chi connectivity index (χ2v) is 7.25. The van der Waals surface area contributed by atoms with Crippen molar-refractivity contribution in [3.05, 3.63) is 41.2 Å². The van der Waals surface area contributed by atoms with Gasteiger partial charge in [-0.1, -0.05) is 25.1 Å². The molecule has 0 radical (unpaired) electrons. The number of halogens is 2. The lowest BCUT2D eigenvalue weighted by Crippen LogP contribution is -2.23. The number of amides is 1. The highest BCUT2D eigenvalue weighted by Gasteiger charge is 2.20. The van der Waals surface area contributed by atoms with Crippen LogP contribution >= 0.6 is 11.8 Å². The molecular formula is C18H23F2N3OS. The summed E-state index contributed by atoms with van der Waals surface area (Å²) < 4.78 is 29.0. The molecule has 1 N–H and O–H groups in total. The zero-order valence-corrected chi connectivity index (χ0v) is 15.7. The van der Waals surface area contributed by atoms with Gasteiger partial charge >= 0.3 is 0 Å². The van der Waals surface area contributed by atoms with Crippen molar-refractivity contribution in [3.63, 3.8) is 0 Å². The molecule has 1 atom stereocenters. The van der Waals surface area contributed by atoms with Crippen LogP contribution in [-0.2, 0) is 11.3 Å². The van der Waals surface area contributed by atoms with E-state index in [9.17, 15) is 13.6 Å². The van der Waals surface area contributed by atoms with E-state index in [1.165, 1.54) is 11.8 Å².